The number of anilines is 1. The van der Waals surface area contributed by atoms with E-state index in [-0.39, 0.29) is 19.0 Å². The van der Waals surface area contributed by atoms with E-state index < -0.39 is 11.6 Å². The van der Waals surface area contributed by atoms with Crippen molar-refractivity contribution in [1.82, 2.24) is 10.6 Å². The molecule has 0 saturated heterocycles. The minimum atomic E-state index is -0.929. The van der Waals surface area contributed by atoms with Crippen LogP contribution in [0.1, 0.15) is 20.3 Å². The van der Waals surface area contributed by atoms with E-state index >= 15 is 0 Å². The van der Waals surface area contributed by atoms with Crippen molar-refractivity contribution in [3.05, 3.63) is 30.3 Å². The van der Waals surface area contributed by atoms with E-state index in [2.05, 4.69) is 16.0 Å². The molecule has 1 aromatic carbocycles. The molecule has 0 heterocycles. The second-order valence-corrected chi connectivity index (χ2v) is 4.80. The van der Waals surface area contributed by atoms with Gasteiger partial charge in [0.2, 0.25) is 5.91 Å². The molecule has 0 radical (unpaired) electrons. The Labute approximate surface area is 118 Å². The van der Waals surface area contributed by atoms with E-state index in [0.29, 0.717) is 12.1 Å². The van der Waals surface area contributed by atoms with Gasteiger partial charge in [-0.2, -0.15) is 0 Å². The molecule has 0 fully saturated rings. The fourth-order valence-electron chi connectivity index (χ4n) is 1.33. The number of amides is 3. The second-order valence-electron chi connectivity index (χ2n) is 4.80. The molecule has 0 aliphatic heterocycles. The number of hydrogen-bond donors (Lipinski definition) is 4. The minimum Gasteiger partial charge on any atom is -0.388 e. The van der Waals surface area contributed by atoms with Gasteiger partial charge in [0.1, 0.15) is 0 Å². The maximum absolute atomic E-state index is 11.5. The topological polar surface area (TPSA) is 90.5 Å². The molecule has 110 valence electrons. The molecule has 6 heteroatoms. The maximum Gasteiger partial charge on any atom is 0.319 e. The molecule has 0 bridgehead atoms. The minimum absolute atomic E-state index is 0.140. The van der Waals surface area contributed by atoms with Gasteiger partial charge in [-0.25, -0.2) is 4.79 Å². The fourth-order valence-corrected chi connectivity index (χ4v) is 1.33. The average molecular weight is 279 g/mol. The number of nitrogens with one attached hydrogen (secondary N) is 3. The predicted molar refractivity (Wildman–Crippen MR) is 77.4 cm³/mol. The lowest BCUT2D eigenvalue weighted by Gasteiger charge is -2.21. The van der Waals surface area contributed by atoms with E-state index in [1.54, 1.807) is 31.2 Å². The van der Waals surface area contributed by atoms with Gasteiger partial charge in [0.25, 0.3) is 0 Å². The van der Waals surface area contributed by atoms with E-state index in [9.17, 15) is 14.7 Å². The zero-order valence-corrected chi connectivity index (χ0v) is 11.8. The molecule has 4 N–H and O–H groups in total. The number of aliphatic hydroxyl groups is 1. The summed E-state index contributed by atoms with van der Waals surface area (Å²) in [7, 11) is 0. The Morgan fingerprint density at radius 2 is 1.85 bits per heavy atom. The molecule has 0 aliphatic rings. The van der Waals surface area contributed by atoms with Gasteiger partial charge in [-0.1, -0.05) is 25.1 Å². The van der Waals surface area contributed by atoms with Gasteiger partial charge < -0.3 is 21.1 Å². The second kappa shape index (κ2) is 7.49. The Hall–Kier alpha value is -2.08. The average Bonchev–Trinajstić information content (AvgIpc) is 2.44. The van der Waals surface area contributed by atoms with Gasteiger partial charge in [0.15, 0.2) is 0 Å². The van der Waals surface area contributed by atoms with Crippen LogP contribution in [0.3, 0.4) is 0 Å². The molecule has 3 amide bonds. The SMILES string of the molecule is CCC(C)(O)CNC(=O)CNC(=O)Nc1ccccc1. The number of benzene rings is 1. The summed E-state index contributed by atoms with van der Waals surface area (Å²) in [6, 6.07) is 8.49. The zero-order valence-electron chi connectivity index (χ0n) is 11.8. The van der Waals surface area contributed by atoms with Crippen LogP contribution in [0.15, 0.2) is 30.3 Å². The van der Waals surface area contributed by atoms with E-state index in [1.807, 2.05) is 13.0 Å². The first kappa shape index (κ1) is 16.0. The Morgan fingerprint density at radius 3 is 2.45 bits per heavy atom. The Kier molecular flexibility index (Phi) is 5.99. The summed E-state index contributed by atoms with van der Waals surface area (Å²) < 4.78 is 0. The normalized spacial score (nSPS) is 13.2. The van der Waals surface area contributed by atoms with Crippen LogP contribution in [-0.4, -0.2) is 35.7 Å². The van der Waals surface area contributed by atoms with Crippen LogP contribution in [-0.2, 0) is 4.79 Å². The molecule has 0 spiro atoms. The monoisotopic (exact) mass is 279 g/mol. The van der Waals surface area contributed by atoms with Crippen LogP contribution in [0.2, 0.25) is 0 Å². The van der Waals surface area contributed by atoms with E-state index in [1.165, 1.54) is 0 Å². The summed E-state index contributed by atoms with van der Waals surface area (Å²) in [5.74, 6) is -0.345. The number of hydrogen-bond acceptors (Lipinski definition) is 3. The predicted octanol–water partition coefficient (Wildman–Crippen LogP) is 1.09. The highest BCUT2D eigenvalue weighted by atomic mass is 16.3. The lowest BCUT2D eigenvalue weighted by atomic mass is 10.0. The number of urea groups is 1. The van der Waals surface area contributed by atoms with Crippen LogP contribution in [0.25, 0.3) is 0 Å². The maximum atomic E-state index is 11.5. The third kappa shape index (κ3) is 6.19. The first-order valence-corrected chi connectivity index (χ1v) is 6.52. The van der Waals surface area contributed by atoms with Gasteiger partial charge in [-0.05, 0) is 25.5 Å². The lowest BCUT2D eigenvalue weighted by Crippen LogP contribution is -2.44. The standard InChI is InChI=1S/C14H21N3O3/c1-3-14(2,20)10-16-12(18)9-15-13(19)17-11-7-5-4-6-8-11/h4-8,20H,3,9-10H2,1-2H3,(H,16,18)(H2,15,17,19). The fraction of sp³-hybridized carbons (Fsp3) is 0.429. The number of carbonyl (C=O) groups is 2. The molecule has 0 saturated carbocycles. The zero-order chi connectivity index (χ0) is 15.0. The van der Waals surface area contributed by atoms with Crippen molar-refractivity contribution in [3.63, 3.8) is 0 Å². The van der Waals surface area contributed by atoms with Crippen molar-refractivity contribution in [3.8, 4) is 0 Å². The van der Waals surface area contributed by atoms with Crippen molar-refractivity contribution < 1.29 is 14.7 Å². The number of rotatable bonds is 6. The van der Waals surface area contributed by atoms with Crippen molar-refractivity contribution >= 4 is 17.6 Å². The van der Waals surface area contributed by atoms with Crippen LogP contribution in [0.4, 0.5) is 10.5 Å². The van der Waals surface area contributed by atoms with Gasteiger partial charge in [0.05, 0.1) is 12.1 Å². The molecule has 0 aliphatic carbocycles. The number of carbonyl (C=O) groups excluding carboxylic acids is 2. The summed E-state index contributed by atoms with van der Waals surface area (Å²) in [5, 5.41) is 17.3. The van der Waals surface area contributed by atoms with Crippen molar-refractivity contribution in [2.75, 3.05) is 18.4 Å². The summed E-state index contributed by atoms with van der Waals surface area (Å²) in [6.07, 6.45) is 0.537. The summed E-state index contributed by atoms with van der Waals surface area (Å²) in [4.78, 5) is 23.0. The van der Waals surface area contributed by atoms with Crippen molar-refractivity contribution in [1.29, 1.82) is 0 Å². The molecule has 1 atom stereocenters. The molecular formula is C14H21N3O3. The molecule has 6 nitrogen and oxygen atoms in total. The van der Waals surface area contributed by atoms with Gasteiger partial charge in [-0.15, -0.1) is 0 Å². The highest BCUT2D eigenvalue weighted by molar-refractivity contribution is 5.92. The van der Waals surface area contributed by atoms with Crippen LogP contribution in [0, 0.1) is 0 Å². The van der Waals surface area contributed by atoms with Crippen LogP contribution in [0.5, 0.6) is 0 Å². The largest absolute Gasteiger partial charge is 0.388 e. The first-order chi connectivity index (χ1) is 9.43. The molecule has 1 unspecified atom stereocenters. The highest BCUT2D eigenvalue weighted by Gasteiger charge is 2.18. The van der Waals surface area contributed by atoms with Crippen molar-refractivity contribution in [2.24, 2.45) is 0 Å². The highest BCUT2D eigenvalue weighted by Crippen LogP contribution is 2.05. The van der Waals surface area contributed by atoms with E-state index in [0.717, 1.165) is 0 Å². The van der Waals surface area contributed by atoms with Crippen molar-refractivity contribution in [2.45, 2.75) is 25.9 Å². The third-order valence-electron chi connectivity index (χ3n) is 2.87. The summed E-state index contributed by atoms with van der Waals surface area (Å²) in [6.45, 7) is 3.49. The van der Waals surface area contributed by atoms with E-state index in [4.69, 9.17) is 0 Å². The van der Waals surface area contributed by atoms with Crippen LogP contribution < -0.4 is 16.0 Å². The van der Waals surface area contributed by atoms with Gasteiger partial charge in [-0.3, -0.25) is 4.79 Å². The Bertz CT molecular complexity index is 446. The molecule has 1 rings (SSSR count). The van der Waals surface area contributed by atoms with Crippen LogP contribution >= 0.6 is 0 Å². The summed E-state index contributed by atoms with van der Waals surface area (Å²) in [5.41, 5.74) is -0.276. The quantitative estimate of drug-likeness (QED) is 0.628. The summed E-state index contributed by atoms with van der Waals surface area (Å²) >= 11 is 0. The molecule has 0 aromatic heterocycles. The molecular weight excluding hydrogens is 258 g/mol. The lowest BCUT2D eigenvalue weighted by molar-refractivity contribution is -0.121. The first-order valence-electron chi connectivity index (χ1n) is 6.52. The Morgan fingerprint density at radius 1 is 1.20 bits per heavy atom. The van der Waals surface area contributed by atoms with Gasteiger partial charge >= 0.3 is 6.03 Å². The number of para-hydroxylation sites is 1. The molecule has 20 heavy (non-hydrogen) atoms. The van der Waals surface area contributed by atoms with Gasteiger partial charge in [0, 0.05) is 12.2 Å². The smallest absolute Gasteiger partial charge is 0.319 e. The Balaban J connectivity index is 2.26. The third-order valence-corrected chi connectivity index (χ3v) is 2.87. The molecule has 1 aromatic rings.